The van der Waals surface area contributed by atoms with Gasteiger partial charge in [0.25, 0.3) is 5.91 Å². The van der Waals surface area contributed by atoms with Crippen LogP contribution in [0, 0.1) is 11.3 Å². The highest BCUT2D eigenvalue weighted by molar-refractivity contribution is 5.94. The molecule has 1 amide bonds. The minimum atomic E-state index is -0.0862. The zero-order chi connectivity index (χ0) is 18.8. The van der Waals surface area contributed by atoms with Crippen LogP contribution in [0.25, 0.3) is 0 Å². The summed E-state index contributed by atoms with van der Waals surface area (Å²) in [6, 6.07) is 19.3. The first-order valence-corrected chi connectivity index (χ1v) is 8.67. The zero-order valence-electron chi connectivity index (χ0n) is 15.1. The Morgan fingerprint density at radius 3 is 2.62 bits per heavy atom. The van der Waals surface area contributed by atoms with E-state index in [1.807, 2.05) is 43.3 Å². The van der Waals surface area contributed by atoms with E-state index in [9.17, 15) is 4.79 Å². The predicted octanol–water partition coefficient (Wildman–Crippen LogP) is 4.24. The summed E-state index contributed by atoms with van der Waals surface area (Å²) in [4.78, 5) is 14.6. The van der Waals surface area contributed by atoms with E-state index >= 15 is 0 Å². The van der Waals surface area contributed by atoms with Crippen LogP contribution in [0.3, 0.4) is 0 Å². The van der Waals surface area contributed by atoms with Crippen LogP contribution in [0.1, 0.15) is 29.3 Å². The Bertz CT molecular complexity index is 778. The lowest BCUT2D eigenvalue weighted by Gasteiger charge is -2.22. The smallest absolute Gasteiger partial charge is 0.254 e. The maximum Gasteiger partial charge on any atom is 0.254 e. The summed E-state index contributed by atoms with van der Waals surface area (Å²) in [5.41, 5.74) is 2.65. The van der Waals surface area contributed by atoms with Gasteiger partial charge in [0.2, 0.25) is 0 Å². The number of carbonyl (C=O) groups is 1. The van der Waals surface area contributed by atoms with Gasteiger partial charge in [0, 0.05) is 18.7 Å². The molecule has 4 nitrogen and oxygen atoms in total. The molecule has 0 unspecified atom stereocenters. The molecule has 0 heterocycles. The Balaban J connectivity index is 2.08. The van der Waals surface area contributed by atoms with E-state index < -0.39 is 0 Å². The molecule has 0 bridgehead atoms. The monoisotopic (exact) mass is 348 g/mol. The fraction of sp³-hybridized carbons (Fsp3) is 0.273. The highest BCUT2D eigenvalue weighted by Gasteiger charge is 2.16. The number of hydrogen-bond acceptors (Lipinski definition) is 3. The molecule has 26 heavy (non-hydrogen) atoms. The third kappa shape index (κ3) is 6.10. The van der Waals surface area contributed by atoms with E-state index in [1.165, 1.54) is 5.56 Å². The first-order valence-electron chi connectivity index (χ1n) is 8.67. The second-order valence-corrected chi connectivity index (χ2v) is 6.21. The van der Waals surface area contributed by atoms with Gasteiger partial charge in [0.15, 0.2) is 0 Å². The molecule has 0 saturated carbocycles. The summed E-state index contributed by atoms with van der Waals surface area (Å²) in [5.74, 6) is 0.555. The van der Waals surface area contributed by atoms with Crippen molar-refractivity contribution in [3.8, 4) is 11.8 Å². The highest BCUT2D eigenvalue weighted by Crippen LogP contribution is 2.16. The topological polar surface area (TPSA) is 53.3 Å². The van der Waals surface area contributed by atoms with E-state index in [-0.39, 0.29) is 5.91 Å². The van der Waals surface area contributed by atoms with Crippen LogP contribution >= 0.6 is 0 Å². The standard InChI is InChI=1S/C22H24N2O2/c1-18(2)17-26-21-11-6-10-20(16-21)22(25)24(14-7-13-23)15-12-19-8-4-3-5-9-19/h3-6,8-11,16H,1,7,12,14-15,17H2,2H3. The average Bonchev–Trinajstić information content (AvgIpc) is 2.67. The number of amides is 1. The van der Waals surface area contributed by atoms with Crippen molar-refractivity contribution in [2.75, 3.05) is 19.7 Å². The molecule has 134 valence electrons. The Hall–Kier alpha value is -3.06. The number of hydrogen-bond donors (Lipinski definition) is 0. The SMILES string of the molecule is C=C(C)COc1cccc(C(=O)N(CCC#N)CCc2ccccc2)c1. The molecule has 0 aliphatic rings. The van der Waals surface area contributed by atoms with Crippen molar-refractivity contribution >= 4 is 5.91 Å². The number of benzene rings is 2. The molecule has 0 fully saturated rings. The Morgan fingerprint density at radius 1 is 1.15 bits per heavy atom. The largest absolute Gasteiger partial charge is 0.489 e. The van der Waals surface area contributed by atoms with Crippen molar-refractivity contribution < 1.29 is 9.53 Å². The van der Waals surface area contributed by atoms with E-state index in [1.54, 1.807) is 23.1 Å². The molecule has 0 aliphatic carbocycles. The molecular weight excluding hydrogens is 324 g/mol. The quantitative estimate of drug-likeness (QED) is 0.637. The highest BCUT2D eigenvalue weighted by atomic mass is 16.5. The van der Waals surface area contributed by atoms with E-state index in [2.05, 4.69) is 12.6 Å². The van der Waals surface area contributed by atoms with Crippen LogP contribution in [-0.4, -0.2) is 30.5 Å². The molecule has 2 rings (SSSR count). The normalized spacial score (nSPS) is 10.0. The van der Waals surface area contributed by atoms with Crippen LogP contribution in [0.4, 0.5) is 0 Å². The summed E-state index contributed by atoms with van der Waals surface area (Å²) in [7, 11) is 0. The minimum Gasteiger partial charge on any atom is -0.489 e. The second-order valence-electron chi connectivity index (χ2n) is 6.21. The third-order valence-electron chi connectivity index (χ3n) is 3.86. The summed E-state index contributed by atoms with van der Waals surface area (Å²) >= 11 is 0. The molecule has 0 aliphatic heterocycles. The van der Waals surface area contributed by atoms with Gasteiger partial charge in [-0.2, -0.15) is 5.26 Å². The molecule has 0 radical (unpaired) electrons. The third-order valence-corrected chi connectivity index (χ3v) is 3.86. The molecule has 2 aromatic rings. The summed E-state index contributed by atoms with van der Waals surface area (Å²) in [5, 5.41) is 8.90. The van der Waals surface area contributed by atoms with Gasteiger partial charge >= 0.3 is 0 Å². The maximum atomic E-state index is 12.9. The van der Waals surface area contributed by atoms with Crippen LogP contribution in [0.2, 0.25) is 0 Å². The summed E-state index contributed by atoms with van der Waals surface area (Å²) in [6.07, 6.45) is 1.07. The lowest BCUT2D eigenvalue weighted by atomic mass is 10.1. The van der Waals surface area contributed by atoms with Gasteiger partial charge in [-0.1, -0.05) is 43.0 Å². The van der Waals surface area contributed by atoms with Crippen molar-refractivity contribution in [2.45, 2.75) is 19.8 Å². The number of rotatable bonds is 9. The fourth-order valence-electron chi connectivity index (χ4n) is 2.52. The first kappa shape index (κ1) is 19.3. The Kier molecular flexibility index (Phi) is 7.45. The molecule has 0 aromatic heterocycles. The summed E-state index contributed by atoms with van der Waals surface area (Å²) in [6.45, 7) is 7.11. The van der Waals surface area contributed by atoms with Gasteiger partial charge in [-0.15, -0.1) is 0 Å². The van der Waals surface area contributed by atoms with E-state index in [4.69, 9.17) is 10.00 Å². The number of carbonyl (C=O) groups excluding carboxylic acids is 1. The lowest BCUT2D eigenvalue weighted by Crippen LogP contribution is -2.33. The maximum absolute atomic E-state index is 12.9. The first-order chi connectivity index (χ1) is 12.6. The molecule has 2 aromatic carbocycles. The van der Waals surface area contributed by atoms with Gasteiger partial charge in [0.1, 0.15) is 12.4 Å². The molecule has 0 atom stereocenters. The van der Waals surface area contributed by atoms with Crippen LogP contribution < -0.4 is 4.74 Å². The van der Waals surface area contributed by atoms with Crippen molar-refractivity contribution in [2.24, 2.45) is 0 Å². The van der Waals surface area contributed by atoms with E-state index in [0.29, 0.717) is 37.4 Å². The number of nitriles is 1. The number of ether oxygens (including phenoxy) is 1. The van der Waals surface area contributed by atoms with Gasteiger partial charge < -0.3 is 9.64 Å². The summed E-state index contributed by atoms with van der Waals surface area (Å²) < 4.78 is 5.63. The van der Waals surface area contributed by atoms with Gasteiger partial charge in [-0.05, 0) is 42.7 Å². The molecule has 0 saturated heterocycles. The minimum absolute atomic E-state index is 0.0862. The molecule has 0 N–H and O–H groups in total. The fourth-order valence-corrected chi connectivity index (χ4v) is 2.52. The lowest BCUT2D eigenvalue weighted by molar-refractivity contribution is 0.0760. The molecule has 4 heteroatoms. The zero-order valence-corrected chi connectivity index (χ0v) is 15.1. The predicted molar refractivity (Wildman–Crippen MR) is 103 cm³/mol. The van der Waals surface area contributed by atoms with Crippen molar-refractivity contribution in [3.05, 3.63) is 77.9 Å². The van der Waals surface area contributed by atoms with Crippen molar-refractivity contribution in [1.82, 2.24) is 4.90 Å². The second kappa shape index (κ2) is 10.0. The van der Waals surface area contributed by atoms with Crippen molar-refractivity contribution in [3.63, 3.8) is 0 Å². The van der Waals surface area contributed by atoms with Crippen LogP contribution in [-0.2, 0) is 6.42 Å². The number of nitrogens with zero attached hydrogens (tertiary/aromatic N) is 2. The Labute approximate surface area is 155 Å². The van der Waals surface area contributed by atoms with Crippen LogP contribution in [0.5, 0.6) is 5.75 Å². The van der Waals surface area contributed by atoms with Gasteiger partial charge in [0.05, 0.1) is 12.5 Å². The van der Waals surface area contributed by atoms with Crippen LogP contribution in [0.15, 0.2) is 66.7 Å². The van der Waals surface area contributed by atoms with Gasteiger partial charge in [-0.25, -0.2) is 0 Å². The molecule has 0 spiro atoms. The molecular formula is C22H24N2O2. The van der Waals surface area contributed by atoms with Gasteiger partial charge in [-0.3, -0.25) is 4.79 Å². The average molecular weight is 348 g/mol. The Morgan fingerprint density at radius 2 is 1.92 bits per heavy atom. The van der Waals surface area contributed by atoms with E-state index in [0.717, 1.165) is 12.0 Å². The van der Waals surface area contributed by atoms with Crippen molar-refractivity contribution in [1.29, 1.82) is 5.26 Å².